The number of nitrogens with zero attached hydrogens (tertiary/aromatic N) is 3. The van der Waals surface area contributed by atoms with E-state index in [2.05, 4.69) is 36.5 Å². The number of benzene rings is 1. The van der Waals surface area contributed by atoms with Crippen LogP contribution in [0.3, 0.4) is 0 Å². The van der Waals surface area contributed by atoms with Crippen LogP contribution < -0.4 is 5.32 Å². The van der Waals surface area contributed by atoms with Crippen molar-refractivity contribution in [1.29, 1.82) is 0 Å². The predicted octanol–water partition coefficient (Wildman–Crippen LogP) is 2.40. The third-order valence-corrected chi connectivity index (χ3v) is 4.09. The molecule has 0 saturated heterocycles. The molecule has 0 spiro atoms. The van der Waals surface area contributed by atoms with Gasteiger partial charge < -0.3 is 10.4 Å². The van der Waals surface area contributed by atoms with Crippen LogP contribution in [0.25, 0.3) is 11.3 Å². The molecule has 0 aliphatic carbocycles. The Morgan fingerprint density at radius 2 is 2.26 bits per heavy atom. The average molecular weight is 376 g/mol. The van der Waals surface area contributed by atoms with E-state index in [1.807, 2.05) is 37.5 Å². The Morgan fingerprint density at radius 3 is 3.00 bits per heavy atom. The molecule has 0 aliphatic heterocycles. The van der Waals surface area contributed by atoms with Gasteiger partial charge in [-0.25, -0.2) is 0 Å². The highest BCUT2D eigenvalue weighted by molar-refractivity contribution is 9.10. The zero-order chi connectivity index (χ0) is 16.2. The Bertz CT molecular complexity index is 782. The van der Waals surface area contributed by atoms with Gasteiger partial charge in [-0.2, -0.15) is 10.2 Å². The van der Waals surface area contributed by atoms with E-state index in [0.29, 0.717) is 13.1 Å². The minimum atomic E-state index is -0.554. The highest BCUT2D eigenvalue weighted by Crippen LogP contribution is 2.21. The van der Waals surface area contributed by atoms with Crippen molar-refractivity contribution in [2.24, 2.45) is 7.05 Å². The molecule has 3 N–H and O–H groups in total. The molecule has 0 unspecified atom stereocenters. The number of aromatic nitrogens is 4. The van der Waals surface area contributed by atoms with E-state index < -0.39 is 6.10 Å². The Balaban J connectivity index is 1.60. The maximum absolute atomic E-state index is 10.2. The topological polar surface area (TPSA) is 78.8 Å². The SMILES string of the molecule is Cn1cc(-c2[nH]ncc2CNC[C@H](O)c2cccc(Br)c2)cn1. The number of hydrogen-bond acceptors (Lipinski definition) is 4. The smallest absolute Gasteiger partial charge is 0.0914 e. The van der Waals surface area contributed by atoms with Crippen LogP contribution in [0.5, 0.6) is 0 Å². The highest BCUT2D eigenvalue weighted by Gasteiger charge is 2.11. The van der Waals surface area contributed by atoms with Crippen molar-refractivity contribution >= 4 is 15.9 Å². The summed E-state index contributed by atoms with van der Waals surface area (Å²) in [6.07, 6.45) is 4.97. The van der Waals surface area contributed by atoms with E-state index in [4.69, 9.17) is 0 Å². The number of hydrogen-bond donors (Lipinski definition) is 3. The summed E-state index contributed by atoms with van der Waals surface area (Å²) in [6.45, 7) is 1.08. The van der Waals surface area contributed by atoms with Gasteiger partial charge >= 0.3 is 0 Å². The molecule has 120 valence electrons. The molecule has 0 radical (unpaired) electrons. The lowest BCUT2D eigenvalue weighted by molar-refractivity contribution is 0.174. The summed E-state index contributed by atoms with van der Waals surface area (Å²) >= 11 is 3.42. The standard InChI is InChI=1S/C16H18BrN5O/c1-22-10-13(8-20-22)16-12(7-19-21-16)6-18-9-15(23)11-3-2-4-14(17)5-11/h2-5,7-8,10,15,18,23H,6,9H2,1H3,(H,19,21)/t15-/m0/s1. The molecule has 23 heavy (non-hydrogen) atoms. The molecule has 0 amide bonds. The van der Waals surface area contributed by atoms with Gasteiger partial charge in [-0.05, 0) is 17.7 Å². The second-order valence-corrected chi connectivity index (χ2v) is 6.29. The van der Waals surface area contributed by atoms with Crippen LogP contribution in [0.4, 0.5) is 0 Å². The summed E-state index contributed by atoms with van der Waals surface area (Å²) in [5.74, 6) is 0. The fourth-order valence-electron chi connectivity index (χ4n) is 2.42. The van der Waals surface area contributed by atoms with Crippen molar-refractivity contribution in [3.05, 3.63) is 58.5 Å². The first-order valence-corrected chi connectivity index (χ1v) is 8.08. The van der Waals surface area contributed by atoms with Crippen LogP contribution in [0.1, 0.15) is 17.2 Å². The molecule has 3 rings (SSSR count). The summed E-state index contributed by atoms with van der Waals surface area (Å²) in [6, 6.07) is 7.69. The number of halogens is 1. The van der Waals surface area contributed by atoms with Gasteiger partial charge in [0.15, 0.2) is 0 Å². The third-order valence-electron chi connectivity index (χ3n) is 3.60. The Hall–Kier alpha value is -1.96. The van der Waals surface area contributed by atoms with Gasteiger partial charge in [-0.1, -0.05) is 28.1 Å². The van der Waals surface area contributed by atoms with Gasteiger partial charge in [-0.3, -0.25) is 9.78 Å². The van der Waals surface area contributed by atoms with Gasteiger partial charge in [0.2, 0.25) is 0 Å². The molecule has 0 aliphatic rings. The van der Waals surface area contributed by atoms with E-state index in [1.54, 1.807) is 17.1 Å². The number of nitrogens with one attached hydrogen (secondary N) is 2. The molecule has 2 aromatic heterocycles. The van der Waals surface area contributed by atoms with Crippen molar-refractivity contribution in [2.45, 2.75) is 12.6 Å². The largest absolute Gasteiger partial charge is 0.387 e. The molecular weight excluding hydrogens is 358 g/mol. The number of aliphatic hydroxyl groups excluding tert-OH is 1. The van der Waals surface area contributed by atoms with Crippen LogP contribution in [-0.2, 0) is 13.6 Å². The third kappa shape index (κ3) is 3.87. The lowest BCUT2D eigenvalue weighted by atomic mass is 10.1. The first-order valence-electron chi connectivity index (χ1n) is 7.29. The minimum Gasteiger partial charge on any atom is -0.387 e. The summed E-state index contributed by atoms with van der Waals surface area (Å²) in [7, 11) is 1.88. The molecule has 1 aromatic carbocycles. The van der Waals surface area contributed by atoms with E-state index in [-0.39, 0.29) is 0 Å². The lowest BCUT2D eigenvalue weighted by Crippen LogP contribution is -2.21. The van der Waals surface area contributed by atoms with Gasteiger partial charge in [0.1, 0.15) is 0 Å². The molecule has 0 saturated carbocycles. The maximum atomic E-state index is 10.2. The number of aromatic amines is 1. The molecule has 1 atom stereocenters. The van der Waals surface area contributed by atoms with Crippen LogP contribution in [-0.4, -0.2) is 31.6 Å². The van der Waals surface area contributed by atoms with E-state index >= 15 is 0 Å². The maximum Gasteiger partial charge on any atom is 0.0914 e. The van der Waals surface area contributed by atoms with Gasteiger partial charge in [0.05, 0.1) is 24.2 Å². The summed E-state index contributed by atoms with van der Waals surface area (Å²) in [5, 5.41) is 24.8. The van der Waals surface area contributed by atoms with Crippen LogP contribution >= 0.6 is 15.9 Å². The average Bonchev–Trinajstić information content (AvgIpc) is 3.16. The van der Waals surface area contributed by atoms with E-state index in [1.165, 1.54) is 0 Å². The fourth-order valence-corrected chi connectivity index (χ4v) is 2.84. The Morgan fingerprint density at radius 1 is 1.39 bits per heavy atom. The molecular formula is C16H18BrN5O. The number of aryl methyl sites for hydroxylation is 1. The van der Waals surface area contributed by atoms with Crippen LogP contribution in [0, 0.1) is 0 Å². The molecule has 0 bridgehead atoms. The Kier molecular flexibility index (Phi) is 4.90. The number of H-pyrrole nitrogens is 1. The number of aliphatic hydroxyl groups is 1. The van der Waals surface area contributed by atoms with Crippen molar-refractivity contribution in [1.82, 2.24) is 25.3 Å². The summed E-state index contributed by atoms with van der Waals surface area (Å²) < 4.78 is 2.72. The molecule has 2 heterocycles. The summed E-state index contributed by atoms with van der Waals surface area (Å²) in [4.78, 5) is 0. The normalized spacial score (nSPS) is 12.5. The van der Waals surface area contributed by atoms with Gasteiger partial charge in [-0.15, -0.1) is 0 Å². The highest BCUT2D eigenvalue weighted by atomic mass is 79.9. The van der Waals surface area contributed by atoms with Crippen LogP contribution in [0.15, 0.2) is 47.3 Å². The molecule has 7 heteroatoms. The van der Waals surface area contributed by atoms with Crippen molar-refractivity contribution in [3.8, 4) is 11.3 Å². The van der Waals surface area contributed by atoms with Gasteiger partial charge in [0.25, 0.3) is 0 Å². The Labute approximate surface area is 142 Å². The zero-order valence-electron chi connectivity index (χ0n) is 12.7. The second kappa shape index (κ2) is 7.08. The quantitative estimate of drug-likeness (QED) is 0.617. The molecule has 0 fully saturated rings. The summed E-state index contributed by atoms with van der Waals surface area (Å²) in [5.41, 5.74) is 3.86. The van der Waals surface area contributed by atoms with Gasteiger partial charge in [0, 0.05) is 41.9 Å². The van der Waals surface area contributed by atoms with E-state index in [9.17, 15) is 5.11 Å². The fraction of sp³-hybridized carbons (Fsp3) is 0.250. The van der Waals surface area contributed by atoms with Crippen LogP contribution in [0.2, 0.25) is 0 Å². The second-order valence-electron chi connectivity index (χ2n) is 5.37. The van der Waals surface area contributed by atoms with Crippen molar-refractivity contribution in [3.63, 3.8) is 0 Å². The predicted molar refractivity (Wildman–Crippen MR) is 91.6 cm³/mol. The first kappa shape index (κ1) is 15.9. The lowest BCUT2D eigenvalue weighted by Gasteiger charge is -2.12. The molecule has 6 nitrogen and oxygen atoms in total. The van der Waals surface area contributed by atoms with Crippen molar-refractivity contribution in [2.75, 3.05) is 6.54 Å². The zero-order valence-corrected chi connectivity index (χ0v) is 14.3. The van der Waals surface area contributed by atoms with Crippen molar-refractivity contribution < 1.29 is 5.11 Å². The molecule has 3 aromatic rings. The monoisotopic (exact) mass is 375 g/mol. The first-order chi connectivity index (χ1) is 11.1. The number of rotatable bonds is 6. The minimum absolute atomic E-state index is 0.466. The van der Waals surface area contributed by atoms with E-state index in [0.717, 1.165) is 26.9 Å².